The van der Waals surface area contributed by atoms with E-state index in [-0.39, 0.29) is 17.6 Å². The number of halogens is 1. The van der Waals surface area contributed by atoms with E-state index in [0.29, 0.717) is 31.0 Å². The van der Waals surface area contributed by atoms with Gasteiger partial charge in [0, 0.05) is 19.0 Å². The molecule has 1 amide bonds. The number of hydrogen-bond acceptors (Lipinski definition) is 5. The van der Waals surface area contributed by atoms with Gasteiger partial charge in [-0.25, -0.2) is 14.2 Å². The number of H-pyrrole nitrogens is 2. The zero-order valence-electron chi connectivity index (χ0n) is 14.8. The molecule has 1 atom stereocenters. The van der Waals surface area contributed by atoms with Crippen molar-refractivity contribution < 1.29 is 13.6 Å². The van der Waals surface area contributed by atoms with Crippen LogP contribution >= 0.6 is 0 Å². The Morgan fingerprint density at radius 3 is 2.79 bits per heavy atom. The topological polar surface area (TPSA) is 112 Å². The van der Waals surface area contributed by atoms with Gasteiger partial charge in [-0.15, -0.1) is 0 Å². The Morgan fingerprint density at radius 1 is 1.25 bits per heavy atom. The van der Waals surface area contributed by atoms with Crippen molar-refractivity contribution in [2.45, 2.75) is 25.3 Å². The minimum absolute atomic E-state index is 0.0706. The molecule has 0 spiro atoms. The summed E-state index contributed by atoms with van der Waals surface area (Å²) in [5, 5.41) is 0. The monoisotopic (exact) mass is 384 g/mol. The number of hydrogen-bond donors (Lipinski definition) is 2. The molecule has 28 heavy (non-hydrogen) atoms. The molecule has 1 unspecified atom stereocenters. The van der Waals surface area contributed by atoms with Gasteiger partial charge in [-0.3, -0.25) is 14.6 Å². The Balaban J connectivity index is 1.54. The number of oxazole rings is 1. The number of aromatic nitrogens is 3. The van der Waals surface area contributed by atoms with Crippen LogP contribution in [-0.2, 0) is 6.42 Å². The van der Waals surface area contributed by atoms with Crippen LogP contribution < -0.4 is 11.2 Å². The van der Waals surface area contributed by atoms with Gasteiger partial charge in [0.1, 0.15) is 23.3 Å². The van der Waals surface area contributed by atoms with Crippen molar-refractivity contribution in [2.24, 2.45) is 0 Å². The standard InChI is InChI=1S/C19H17FN4O4/c20-12-5-3-11(4-6-12)8-13-10-21-17(28-13)15-2-1-7-24(15)18(26)14-9-16(25)23-19(27)22-14/h3-6,9-10,15H,1-2,7-8H2,(H2,22,23,25,27). The maximum absolute atomic E-state index is 13.0. The second kappa shape index (κ2) is 7.26. The smallest absolute Gasteiger partial charge is 0.326 e. The number of rotatable bonds is 4. The first kappa shape index (κ1) is 17.9. The zero-order chi connectivity index (χ0) is 19.7. The number of amides is 1. The molecule has 9 heteroatoms. The number of nitrogens with one attached hydrogen (secondary N) is 2. The number of aromatic amines is 2. The van der Waals surface area contributed by atoms with Crippen LogP contribution in [0, 0.1) is 5.82 Å². The van der Waals surface area contributed by atoms with Crippen molar-refractivity contribution in [1.82, 2.24) is 19.9 Å². The fourth-order valence-corrected chi connectivity index (χ4v) is 3.37. The number of likely N-dealkylation sites (tertiary alicyclic amines) is 1. The lowest BCUT2D eigenvalue weighted by atomic mass is 10.1. The van der Waals surface area contributed by atoms with Crippen LogP contribution in [0.2, 0.25) is 0 Å². The van der Waals surface area contributed by atoms with E-state index in [1.54, 1.807) is 18.3 Å². The van der Waals surface area contributed by atoms with Crippen LogP contribution in [0.15, 0.2) is 50.5 Å². The summed E-state index contributed by atoms with van der Waals surface area (Å²) in [6.45, 7) is 0.466. The summed E-state index contributed by atoms with van der Waals surface area (Å²) in [7, 11) is 0. The van der Waals surface area contributed by atoms with Gasteiger partial charge in [-0.2, -0.15) is 0 Å². The summed E-state index contributed by atoms with van der Waals surface area (Å²) in [4.78, 5) is 45.9. The molecule has 0 radical (unpaired) electrons. The Labute approximate surface area is 158 Å². The van der Waals surface area contributed by atoms with Crippen molar-refractivity contribution in [2.75, 3.05) is 6.54 Å². The van der Waals surface area contributed by atoms with Crippen LogP contribution in [0.25, 0.3) is 0 Å². The molecule has 8 nitrogen and oxygen atoms in total. The van der Waals surface area contributed by atoms with E-state index in [9.17, 15) is 18.8 Å². The third-order valence-corrected chi connectivity index (χ3v) is 4.65. The Kier molecular flexibility index (Phi) is 4.64. The Morgan fingerprint density at radius 2 is 2.04 bits per heavy atom. The van der Waals surface area contributed by atoms with E-state index in [4.69, 9.17) is 4.42 Å². The van der Waals surface area contributed by atoms with Gasteiger partial charge in [0.05, 0.1) is 6.20 Å². The normalized spacial score (nSPS) is 16.5. The predicted octanol–water partition coefficient (Wildman–Crippen LogP) is 1.76. The molecule has 2 N–H and O–H groups in total. The molecule has 4 rings (SSSR count). The average molecular weight is 384 g/mol. The maximum Gasteiger partial charge on any atom is 0.326 e. The lowest BCUT2D eigenvalue weighted by molar-refractivity contribution is 0.0708. The average Bonchev–Trinajstić information content (AvgIpc) is 3.31. The van der Waals surface area contributed by atoms with Crippen molar-refractivity contribution in [3.8, 4) is 0 Å². The van der Waals surface area contributed by atoms with Crippen LogP contribution in [0.4, 0.5) is 4.39 Å². The van der Waals surface area contributed by atoms with E-state index in [1.165, 1.54) is 17.0 Å². The summed E-state index contributed by atoms with van der Waals surface area (Å²) in [6, 6.07) is 6.79. The molecule has 2 aromatic heterocycles. The van der Waals surface area contributed by atoms with Crippen LogP contribution in [-0.4, -0.2) is 32.3 Å². The van der Waals surface area contributed by atoms with Crippen LogP contribution in [0.1, 0.15) is 46.6 Å². The second-order valence-electron chi connectivity index (χ2n) is 6.63. The minimum Gasteiger partial charge on any atom is -0.443 e. The van der Waals surface area contributed by atoms with Gasteiger partial charge in [0.15, 0.2) is 0 Å². The van der Waals surface area contributed by atoms with Crippen molar-refractivity contribution in [1.29, 1.82) is 0 Å². The quantitative estimate of drug-likeness (QED) is 0.712. The highest BCUT2D eigenvalue weighted by Gasteiger charge is 2.34. The maximum atomic E-state index is 13.0. The first-order valence-electron chi connectivity index (χ1n) is 8.83. The molecule has 1 fully saturated rings. The highest BCUT2D eigenvalue weighted by Crippen LogP contribution is 2.32. The molecule has 0 bridgehead atoms. The highest BCUT2D eigenvalue weighted by atomic mass is 19.1. The fraction of sp³-hybridized carbons (Fsp3) is 0.263. The largest absolute Gasteiger partial charge is 0.443 e. The van der Waals surface area contributed by atoms with E-state index < -0.39 is 17.2 Å². The lowest BCUT2D eigenvalue weighted by Gasteiger charge is -2.21. The number of carbonyl (C=O) groups is 1. The van der Waals surface area contributed by atoms with E-state index >= 15 is 0 Å². The molecule has 1 saturated heterocycles. The van der Waals surface area contributed by atoms with Crippen molar-refractivity contribution in [3.05, 3.63) is 86.1 Å². The number of carbonyl (C=O) groups excluding carboxylic acids is 1. The zero-order valence-corrected chi connectivity index (χ0v) is 14.8. The van der Waals surface area contributed by atoms with Gasteiger partial charge in [-0.05, 0) is 30.5 Å². The summed E-state index contributed by atoms with van der Waals surface area (Å²) < 4.78 is 18.9. The van der Waals surface area contributed by atoms with Crippen LogP contribution in [0.3, 0.4) is 0 Å². The third-order valence-electron chi connectivity index (χ3n) is 4.65. The fourth-order valence-electron chi connectivity index (χ4n) is 3.37. The first-order valence-corrected chi connectivity index (χ1v) is 8.83. The van der Waals surface area contributed by atoms with Gasteiger partial charge in [0.25, 0.3) is 11.5 Å². The summed E-state index contributed by atoms with van der Waals surface area (Å²) in [5.74, 6) is 0.240. The highest BCUT2D eigenvalue weighted by molar-refractivity contribution is 5.92. The predicted molar refractivity (Wildman–Crippen MR) is 96.4 cm³/mol. The van der Waals surface area contributed by atoms with Gasteiger partial charge < -0.3 is 14.3 Å². The van der Waals surface area contributed by atoms with E-state index in [2.05, 4.69) is 9.97 Å². The van der Waals surface area contributed by atoms with E-state index in [0.717, 1.165) is 18.1 Å². The third kappa shape index (κ3) is 3.64. The molecule has 1 aliphatic rings. The van der Waals surface area contributed by atoms with Crippen molar-refractivity contribution in [3.63, 3.8) is 0 Å². The SMILES string of the molecule is O=C(c1cc(=O)[nH]c(=O)[nH]1)N1CCCC1c1ncc(Cc2ccc(F)cc2)o1. The molecule has 1 aromatic carbocycles. The van der Waals surface area contributed by atoms with Crippen LogP contribution in [0.5, 0.6) is 0 Å². The second-order valence-corrected chi connectivity index (χ2v) is 6.63. The van der Waals surface area contributed by atoms with Gasteiger partial charge in [0.2, 0.25) is 5.89 Å². The molecular formula is C19H17FN4O4. The van der Waals surface area contributed by atoms with Gasteiger partial charge >= 0.3 is 5.69 Å². The Hall–Kier alpha value is -3.49. The molecule has 1 aliphatic heterocycles. The summed E-state index contributed by atoms with van der Waals surface area (Å²) >= 11 is 0. The molecular weight excluding hydrogens is 367 g/mol. The Bertz CT molecular complexity index is 1090. The molecule has 3 aromatic rings. The van der Waals surface area contributed by atoms with Gasteiger partial charge in [-0.1, -0.05) is 12.1 Å². The molecule has 0 aliphatic carbocycles. The molecule has 3 heterocycles. The molecule has 144 valence electrons. The first-order chi connectivity index (χ1) is 13.5. The molecule has 0 saturated carbocycles. The van der Waals surface area contributed by atoms with Crippen molar-refractivity contribution >= 4 is 5.91 Å². The van der Waals surface area contributed by atoms with E-state index in [1.807, 2.05) is 4.98 Å². The number of benzene rings is 1. The number of nitrogens with zero attached hydrogens (tertiary/aromatic N) is 2. The lowest BCUT2D eigenvalue weighted by Crippen LogP contribution is -2.34. The summed E-state index contributed by atoms with van der Waals surface area (Å²) in [6.07, 6.45) is 3.46. The minimum atomic E-state index is -0.732. The summed E-state index contributed by atoms with van der Waals surface area (Å²) in [5.41, 5.74) is -0.562.